The van der Waals surface area contributed by atoms with Gasteiger partial charge >= 0.3 is 0 Å². The van der Waals surface area contributed by atoms with E-state index in [2.05, 4.69) is 6.07 Å². The third-order valence-corrected chi connectivity index (χ3v) is 7.06. The van der Waals surface area contributed by atoms with Crippen LogP contribution in [0.4, 0.5) is 0 Å². The van der Waals surface area contributed by atoms with Crippen LogP contribution in [0, 0.1) is 13.8 Å². The summed E-state index contributed by atoms with van der Waals surface area (Å²) in [4.78, 5) is 14.6. The molecule has 0 aliphatic heterocycles. The fraction of sp³-hybridized carbons (Fsp3) is 0.409. The summed E-state index contributed by atoms with van der Waals surface area (Å²) in [5.74, 6) is -0.0193. The minimum Gasteiger partial charge on any atom is -0.495 e. The van der Waals surface area contributed by atoms with Crippen molar-refractivity contribution in [1.29, 1.82) is 0 Å². The van der Waals surface area contributed by atoms with Gasteiger partial charge in [-0.2, -0.15) is 4.31 Å². The van der Waals surface area contributed by atoms with Crippen molar-refractivity contribution >= 4 is 15.9 Å². The quantitative estimate of drug-likeness (QED) is 0.657. The number of ether oxygens (including phenoxy) is 1. The van der Waals surface area contributed by atoms with E-state index in [0.717, 1.165) is 11.1 Å². The topological polar surface area (TPSA) is 66.9 Å². The van der Waals surface area contributed by atoms with Gasteiger partial charge in [-0.3, -0.25) is 4.79 Å². The number of carbonyl (C=O) groups excluding carboxylic acids is 1. The zero-order valence-electron chi connectivity index (χ0n) is 18.0. The molecular formula is C22H30N2O4S. The van der Waals surface area contributed by atoms with E-state index in [1.54, 1.807) is 31.9 Å². The van der Waals surface area contributed by atoms with Crippen LogP contribution in [0.1, 0.15) is 40.9 Å². The first-order valence-corrected chi connectivity index (χ1v) is 11.1. The Hall–Kier alpha value is -2.38. The first-order valence-electron chi connectivity index (χ1n) is 9.65. The molecule has 6 nitrogen and oxygen atoms in total. The van der Waals surface area contributed by atoms with Gasteiger partial charge in [0, 0.05) is 32.2 Å². The molecule has 29 heavy (non-hydrogen) atoms. The molecule has 0 atom stereocenters. The predicted octanol–water partition coefficient (Wildman–Crippen LogP) is 3.61. The summed E-state index contributed by atoms with van der Waals surface area (Å²) in [5, 5.41) is 0. The molecule has 0 aliphatic carbocycles. The van der Waals surface area contributed by atoms with Crippen molar-refractivity contribution in [2.45, 2.75) is 39.1 Å². The van der Waals surface area contributed by atoms with E-state index in [1.165, 1.54) is 29.1 Å². The Morgan fingerprint density at radius 3 is 2.24 bits per heavy atom. The summed E-state index contributed by atoms with van der Waals surface area (Å²) < 4.78 is 32.6. The fourth-order valence-corrected chi connectivity index (χ4v) is 4.92. The summed E-state index contributed by atoms with van der Waals surface area (Å²) in [6, 6.07) is 10.7. The zero-order chi connectivity index (χ0) is 21.8. The van der Waals surface area contributed by atoms with Gasteiger partial charge < -0.3 is 9.64 Å². The Labute approximate surface area is 174 Å². The maximum atomic E-state index is 13.0. The third kappa shape index (κ3) is 4.97. The Balaban J connectivity index is 2.38. The van der Waals surface area contributed by atoms with E-state index in [1.807, 2.05) is 26.0 Å². The molecule has 0 bridgehead atoms. The van der Waals surface area contributed by atoms with Gasteiger partial charge in [0.25, 0.3) is 5.91 Å². The lowest BCUT2D eigenvalue weighted by molar-refractivity contribution is 0.0784. The molecule has 2 aromatic carbocycles. The van der Waals surface area contributed by atoms with E-state index < -0.39 is 10.0 Å². The lowest BCUT2D eigenvalue weighted by atomic mass is 10.1. The number of benzene rings is 2. The second-order valence-corrected chi connectivity index (χ2v) is 8.95. The second-order valence-electron chi connectivity index (χ2n) is 7.05. The number of methoxy groups -OCH3 is 1. The van der Waals surface area contributed by atoms with Crippen LogP contribution in [0.15, 0.2) is 41.3 Å². The number of rotatable bonds is 8. The Morgan fingerprint density at radius 2 is 1.69 bits per heavy atom. The van der Waals surface area contributed by atoms with Crippen LogP contribution in [0.3, 0.4) is 0 Å². The van der Waals surface area contributed by atoms with Gasteiger partial charge in [-0.25, -0.2) is 8.42 Å². The molecule has 0 N–H and O–H groups in total. The molecule has 0 aliphatic rings. The van der Waals surface area contributed by atoms with E-state index in [0.29, 0.717) is 25.2 Å². The Morgan fingerprint density at radius 1 is 1.03 bits per heavy atom. The Bertz CT molecular complexity index is 982. The monoisotopic (exact) mass is 418 g/mol. The van der Waals surface area contributed by atoms with Gasteiger partial charge in [-0.1, -0.05) is 37.6 Å². The molecule has 0 fully saturated rings. The number of hydrogen-bond acceptors (Lipinski definition) is 4. The molecule has 158 valence electrons. The molecule has 7 heteroatoms. The maximum Gasteiger partial charge on any atom is 0.253 e. The highest BCUT2D eigenvalue weighted by Gasteiger charge is 2.27. The summed E-state index contributed by atoms with van der Waals surface area (Å²) in [5.41, 5.74) is 3.64. The summed E-state index contributed by atoms with van der Waals surface area (Å²) in [6.07, 6.45) is 0. The van der Waals surface area contributed by atoms with Crippen molar-refractivity contribution in [2.24, 2.45) is 0 Å². The SMILES string of the molecule is CCN(CC)S(=O)(=O)c1cc(C(=O)N(C)Cc2ccc(C)cc2C)ccc1OC. The van der Waals surface area contributed by atoms with Gasteiger partial charge in [0.05, 0.1) is 7.11 Å². The summed E-state index contributed by atoms with van der Waals surface area (Å²) in [7, 11) is -0.625. The molecule has 0 saturated heterocycles. The lowest BCUT2D eigenvalue weighted by Gasteiger charge is -2.22. The van der Waals surface area contributed by atoms with Gasteiger partial charge in [0.2, 0.25) is 10.0 Å². The van der Waals surface area contributed by atoms with Crippen molar-refractivity contribution in [3.8, 4) is 5.75 Å². The van der Waals surface area contributed by atoms with Gasteiger partial charge in [0.1, 0.15) is 10.6 Å². The smallest absolute Gasteiger partial charge is 0.253 e. The van der Waals surface area contributed by atoms with E-state index in [-0.39, 0.29) is 16.6 Å². The van der Waals surface area contributed by atoms with Crippen molar-refractivity contribution in [1.82, 2.24) is 9.21 Å². The minimum absolute atomic E-state index is 0.00877. The normalized spacial score (nSPS) is 11.6. The highest BCUT2D eigenvalue weighted by molar-refractivity contribution is 7.89. The molecule has 0 radical (unpaired) electrons. The van der Waals surface area contributed by atoms with Gasteiger partial charge in [-0.15, -0.1) is 0 Å². The molecule has 0 aromatic heterocycles. The van der Waals surface area contributed by atoms with Crippen LogP contribution in [-0.4, -0.2) is 50.8 Å². The number of nitrogens with zero attached hydrogens (tertiary/aromatic N) is 2. The molecule has 2 aromatic rings. The average molecular weight is 419 g/mol. The minimum atomic E-state index is -3.76. The molecule has 2 rings (SSSR count). The molecular weight excluding hydrogens is 388 g/mol. The number of sulfonamides is 1. The van der Waals surface area contributed by atoms with Crippen LogP contribution < -0.4 is 4.74 Å². The van der Waals surface area contributed by atoms with Crippen molar-refractivity contribution in [3.63, 3.8) is 0 Å². The van der Waals surface area contributed by atoms with Gasteiger partial charge in [0.15, 0.2) is 0 Å². The highest BCUT2D eigenvalue weighted by atomic mass is 32.2. The van der Waals surface area contributed by atoms with E-state index in [4.69, 9.17) is 4.74 Å². The number of aryl methyl sites for hydroxylation is 2. The van der Waals surface area contributed by atoms with E-state index in [9.17, 15) is 13.2 Å². The van der Waals surface area contributed by atoms with Crippen LogP contribution in [0.25, 0.3) is 0 Å². The zero-order valence-corrected chi connectivity index (χ0v) is 18.8. The van der Waals surface area contributed by atoms with Crippen molar-refractivity contribution < 1.29 is 17.9 Å². The van der Waals surface area contributed by atoms with E-state index >= 15 is 0 Å². The lowest BCUT2D eigenvalue weighted by Crippen LogP contribution is -2.31. The molecule has 0 spiro atoms. The standard InChI is InChI=1S/C22H30N2O4S/c1-7-24(8-2)29(26,27)21-14-18(11-12-20(21)28-6)22(25)23(5)15-19-10-9-16(3)13-17(19)4/h9-14H,7-8,15H2,1-6H3. The first-order chi connectivity index (χ1) is 13.6. The predicted molar refractivity (Wildman–Crippen MR) is 115 cm³/mol. The summed E-state index contributed by atoms with van der Waals surface area (Å²) >= 11 is 0. The largest absolute Gasteiger partial charge is 0.495 e. The number of carbonyl (C=O) groups is 1. The molecule has 0 heterocycles. The van der Waals surface area contributed by atoms with Crippen molar-refractivity contribution in [2.75, 3.05) is 27.2 Å². The number of hydrogen-bond donors (Lipinski definition) is 0. The summed E-state index contributed by atoms with van der Waals surface area (Å²) in [6.45, 7) is 8.72. The average Bonchev–Trinajstić information content (AvgIpc) is 2.69. The van der Waals surface area contributed by atoms with Crippen LogP contribution in [0.2, 0.25) is 0 Å². The molecule has 1 amide bonds. The third-order valence-electron chi connectivity index (χ3n) is 4.99. The first kappa shape index (κ1) is 22.9. The maximum absolute atomic E-state index is 13.0. The van der Waals surface area contributed by atoms with Crippen LogP contribution in [0.5, 0.6) is 5.75 Å². The van der Waals surface area contributed by atoms with Gasteiger partial charge in [-0.05, 0) is 43.2 Å². The van der Waals surface area contributed by atoms with Crippen molar-refractivity contribution in [3.05, 3.63) is 58.7 Å². The van der Waals surface area contributed by atoms with Crippen LogP contribution >= 0.6 is 0 Å². The molecule has 0 unspecified atom stereocenters. The second kappa shape index (κ2) is 9.41. The highest BCUT2D eigenvalue weighted by Crippen LogP contribution is 2.28. The Kier molecular flexibility index (Phi) is 7.43. The molecule has 0 saturated carbocycles. The van der Waals surface area contributed by atoms with Crippen LogP contribution in [-0.2, 0) is 16.6 Å². The number of amides is 1. The fourth-order valence-electron chi connectivity index (χ4n) is 3.28.